The van der Waals surface area contributed by atoms with Gasteiger partial charge in [-0.25, -0.2) is 4.79 Å². The average molecular weight is 268 g/mol. The molecule has 2 heterocycles. The number of amides is 3. The highest BCUT2D eigenvalue weighted by Crippen LogP contribution is 2.29. The van der Waals surface area contributed by atoms with E-state index in [2.05, 4.69) is 27.9 Å². The van der Waals surface area contributed by atoms with E-state index in [4.69, 9.17) is 0 Å². The number of rotatable bonds is 4. The number of hydrogen-bond donors (Lipinski definition) is 3. The molecule has 0 aliphatic carbocycles. The van der Waals surface area contributed by atoms with Gasteiger partial charge in [-0.15, -0.1) is 0 Å². The Morgan fingerprint density at radius 2 is 1.89 bits per heavy atom. The lowest BCUT2D eigenvalue weighted by atomic mass is 9.98. The molecule has 0 saturated carbocycles. The lowest BCUT2D eigenvalue weighted by Gasteiger charge is -2.35. The van der Waals surface area contributed by atoms with Crippen LogP contribution in [0.2, 0.25) is 0 Å². The Bertz CT molecular complexity index is 336. The summed E-state index contributed by atoms with van der Waals surface area (Å²) in [6.45, 7) is 0.701. The molecule has 0 radical (unpaired) electrons. The molecular weight excluding hydrogens is 244 g/mol. The van der Waals surface area contributed by atoms with Gasteiger partial charge in [0.15, 0.2) is 0 Å². The fraction of sp³-hybridized carbons (Fsp3) is 0.846. The monoisotopic (exact) mass is 268 g/mol. The fourth-order valence-corrected chi connectivity index (χ4v) is 3.10. The van der Waals surface area contributed by atoms with E-state index >= 15 is 0 Å². The maximum absolute atomic E-state index is 11.5. The van der Waals surface area contributed by atoms with E-state index in [0.717, 1.165) is 0 Å². The predicted octanol–water partition coefficient (Wildman–Crippen LogP) is 0.0469. The number of nitrogens with one attached hydrogen (secondary N) is 3. The molecular formula is C13H24N4O2. The van der Waals surface area contributed by atoms with Gasteiger partial charge in [0.05, 0.1) is 0 Å². The minimum Gasteiger partial charge on any atom is -0.341 e. The summed E-state index contributed by atoms with van der Waals surface area (Å²) in [5.41, 5.74) is 0. The SMILES string of the molecule is CNC(=O)NC(=O)CCN(C)C1CC2CCC(C1)N2. The third-order valence-corrected chi connectivity index (χ3v) is 4.24. The van der Waals surface area contributed by atoms with Gasteiger partial charge >= 0.3 is 6.03 Å². The van der Waals surface area contributed by atoms with Crippen molar-refractivity contribution in [3.05, 3.63) is 0 Å². The topological polar surface area (TPSA) is 73.5 Å². The number of hydrogen-bond acceptors (Lipinski definition) is 4. The van der Waals surface area contributed by atoms with Gasteiger partial charge in [0.2, 0.25) is 5.91 Å². The first-order valence-corrected chi connectivity index (χ1v) is 7.06. The quantitative estimate of drug-likeness (QED) is 0.673. The van der Waals surface area contributed by atoms with Crippen molar-refractivity contribution in [3.63, 3.8) is 0 Å². The Morgan fingerprint density at radius 3 is 2.47 bits per heavy atom. The van der Waals surface area contributed by atoms with E-state index in [0.29, 0.717) is 31.1 Å². The van der Waals surface area contributed by atoms with Crippen LogP contribution < -0.4 is 16.0 Å². The van der Waals surface area contributed by atoms with Crippen molar-refractivity contribution in [3.8, 4) is 0 Å². The van der Waals surface area contributed by atoms with E-state index in [9.17, 15) is 9.59 Å². The minimum atomic E-state index is -0.437. The summed E-state index contributed by atoms with van der Waals surface area (Å²) in [6.07, 6.45) is 5.27. The van der Waals surface area contributed by atoms with Crippen LogP contribution in [-0.2, 0) is 4.79 Å². The molecule has 2 aliphatic rings. The third kappa shape index (κ3) is 3.91. The summed E-state index contributed by atoms with van der Waals surface area (Å²) in [5, 5.41) is 8.28. The second kappa shape index (κ2) is 6.34. The van der Waals surface area contributed by atoms with Crippen LogP contribution in [0.3, 0.4) is 0 Å². The predicted molar refractivity (Wildman–Crippen MR) is 72.8 cm³/mol. The maximum atomic E-state index is 11.5. The molecule has 6 nitrogen and oxygen atoms in total. The standard InChI is InChI=1S/C13H24N4O2/c1-14-13(19)16-12(18)5-6-17(2)11-7-9-3-4-10(8-11)15-9/h9-11,15H,3-8H2,1-2H3,(H2,14,16,18,19). The Hall–Kier alpha value is -1.14. The van der Waals surface area contributed by atoms with Gasteiger partial charge in [0, 0.05) is 38.1 Å². The van der Waals surface area contributed by atoms with Crippen LogP contribution >= 0.6 is 0 Å². The Morgan fingerprint density at radius 1 is 1.26 bits per heavy atom. The van der Waals surface area contributed by atoms with Crippen LogP contribution in [0.4, 0.5) is 4.79 Å². The molecule has 2 fully saturated rings. The molecule has 2 atom stereocenters. The Kier molecular flexibility index (Phi) is 4.76. The van der Waals surface area contributed by atoms with Crippen LogP contribution in [-0.4, -0.2) is 55.6 Å². The molecule has 3 amide bonds. The van der Waals surface area contributed by atoms with Crippen LogP contribution in [0, 0.1) is 0 Å². The first-order valence-electron chi connectivity index (χ1n) is 7.06. The van der Waals surface area contributed by atoms with E-state index in [1.54, 1.807) is 0 Å². The van der Waals surface area contributed by atoms with E-state index in [1.807, 2.05) is 0 Å². The summed E-state index contributed by atoms with van der Waals surface area (Å²) < 4.78 is 0. The van der Waals surface area contributed by atoms with E-state index in [-0.39, 0.29) is 5.91 Å². The van der Waals surface area contributed by atoms with E-state index in [1.165, 1.54) is 32.7 Å². The van der Waals surface area contributed by atoms with Gasteiger partial charge in [0.25, 0.3) is 0 Å². The zero-order chi connectivity index (χ0) is 13.8. The largest absolute Gasteiger partial charge is 0.341 e. The van der Waals surface area contributed by atoms with Crippen molar-refractivity contribution in [1.82, 2.24) is 20.9 Å². The van der Waals surface area contributed by atoms with Gasteiger partial charge in [-0.05, 0) is 32.7 Å². The summed E-state index contributed by atoms with van der Waals surface area (Å²) in [4.78, 5) is 24.8. The van der Waals surface area contributed by atoms with Crippen molar-refractivity contribution in [1.29, 1.82) is 0 Å². The zero-order valence-corrected chi connectivity index (χ0v) is 11.7. The van der Waals surface area contributed by atoms with Gasteiger partial charge in [0.1, 0.15) is 0 Å². The van der Waals surface area contributed by atoms with Gasteiger partial charge in [-0.3, -0.25) is 10.1 Å². The third-order valence-electron chi connectivity index (χ3n) is 4.24. The molecule has 0 aromatic rings. The second-order valence-electron chi connectivity index (χ2n) is 5.62. The van der Waals surface area contributed by atoms with Crippen molar-refractivity contribution >= 4 is 11.9 Å². The van der Waals surface area contributed by atoms with Crippen LogP contribution in [0.1, 0.15) is 32.1 Å². The molecule has 19 heavy (non-hydrogen) atoms. The normalized spacial score (nSPS) is 29.3. The van der Waals surface area contributed by atoms with Crippen molar-refractivity contribution < 1.29 is 9.59 Å². The number of carbonyl (C=O) groups is 2. The maximum Gasteiger partial charge on any atom is 0.321 e. The lowest BCUT2D eigenvalue weighted by Crippen LogP contribution is -2.47. The molecule has 2 aliphatic heterocycles. The zero-order valence-electron chi connectivity index (χ0n) is 11.7. The minimum absolute atomic E-state index is 0.219. The summed E-state index contributed by atoms with van der Waals surface area (Å²) in [5.74, 6) is -0.219. The van der Waals surface area contributed by atoms with Gasteiger partial charge in [-0.1, -0.05) is 0 Å². The lowest BCUT2D eigenvalue weighted by molar-refractivity contribution is -0.120. The molecule has 0 spiro atoms. The summed E-state index contributed by atoms with van der Waals surface area (Å²) in [6, 6.07) is 1.44. The number of carbonyl (C=O) groups excluding carboxylic acids is 2. The van der Waals surface area contributed by atoms with Gasteiger partial charge < -0.3 is 15.5 Å². The average Bonchev–Trinajstić information content (AvgIpc) is 2.74. The molecule has 2 rings (SSSR count). The van der Waals surface area contributed by atoms with Crippen molar-refractivity contribution in [2.75, 3.05) is 20.6 Å². The molecule has 2 unspecified atom stereocenters. The number of urea groups is 1. The molecule has 3 N–H and O–H groups in total. The van der Waals surface area contributed by atoms with Crippen molar-refractivity contribution in [2.24, 2.45) is 0 Å². The van der Waals surface area contributed by atoms with Crippen molar-refractivity contribution in [2.45, 2.75) is 50.2 Å². The molecule has 0 aromatic heterocycles. The number of fused-ring (bicyclic) bond motifs is 2. The Labute approximate surface area is 114 Å². The Balaban J connectivity index is 1.71. The number of piperidine rings is 1. The molecule has 0 aromatic carbocycles. The second-order valence-corrected chi connectivity index (χ2v) is 5.62. The van der Waals surface area contributed by atoms with Crippen LogP contribution in [0.15, 0.2) is 0 Å². The highest BCUT2D eigenvalue weighted by atomic mass is 16.2. The molecule has 2 saturated heterocycles. The smallest absolute Gasteiger partial charge is 0.321 e. The molecule has 2 bridgehead atoms. The van der Waals surface area contributed by atoms with Crippen LogP contribution in [0.5, 0.6) is 0 Å². The van der Waals surface area contributed by atoms with Gasteiger partial charge in [-0.2, -0.15) is 0 Å². The first-order chi connectivity index (χ1) is 9.08. The highest BCUT2D eigenvalue weighted by Gasteiger charge is 2.34. The summed E-state index contributed by atoms with van der Waals surface area (Å²) >= 11 is 0. The van der Waals surface area contributed by atoms with E-state index < -0.39 is 6.03 Å². The molecule has 6 heteroatoms. The highest BCUT2D eigenvalue weighted by molar-refractivity contribution is 5.94. The summed E-state index contributed by atoms with van der Waals surface area (Å²) in [7, 11) is 3.57. The number of nitrogens with zero attached hydrogens (tertiary/aromatic N) is 1. The first kappa shape index (κ1) is 14.3. The fourth-order valence-electron chi connectivity index (χ4n) is 3.10. The number of imide groups is 1. The van der Waals surface area contributed by atoms with Crippen LogP contribution in [0.25, 0.3) is 0 Å². The molecule has 108 valence electrons.